The van der Waals surface area contributed by atoms with Crippen LogP contribution in [-0.2, 0) is 11.8 Å². The lowest BCUT2D eigenvalue weighted by molar-refractivity contribution is 0.0304. The Morgan fingerprint density at radius 3 is 2.53 bits per heavy atom. The molecule has 2 fully saturated rings. The van der Waals surface area contributed by atoms with Gasteiger partial charge in [-0.25, -0.2) is 4.98 Å². The highest BCUT2D eigenvalue weighted by atomic mass is 16.5. The van der Waals surface area contributed by atoms with E-state index in [4.69, 9.17) is 4.74 Å². The first kappa shape index (κ1) is 20.6. The Morgan fingerprint density at radius 1 is 1.09 bits per heavy atom. The lowest BCUT2D eigenvalue weighted by Crippen LogP contribution is -2.44. The topological polar surface area (TPSA) is 98.1 Å². The zero-order valence-electron chi connectivity index (χ0n) is 18.3. The first-order chi connectivity index (χ1) is 15.6. The van der Waals surface area contributed by atoms with Crippen LogP contribution in [0.1, 0.15) is 23.2 Å². The second-order valence-electron chi connectivity index (χ2n) is 8.62. The number of amides is 1. The van der Waals surface area contributed by atoms with E-state index in [1.165, 1.54) is 4.80 Å². The number of carbonyl (C=O) groups is 1. The Labute approximate surface area is 186 Å². The SMILES string of the molecule is CO[C@@H]1C[C@H]2CN(C(=O)c3ccc(-c4nnn(C)n4)cc3)C[C@H]2C[C@H]1Nc1ccccn1. The van der Waals surface area contributed by atoms with Crippen molar-refractivity contribution in [3.8, 4) is 11.4 Å². The van der Waals surface area contributed by atoms with Gasteiger partial charge in [-0.15, -0.1) is 10.2 Å². The van der Waals surface area contributed by atoms with Gasteiger partial charge in [0, 0.05) is 37.5 Å². The number of anilines is 1. The predicted octanol–water partition coefficient (Wildman–Crippen LogP) is 2.25. The molecule has 9 heteroatoms. The number of aryl methyl sites for hydroxylation is 1. The van der Waals surface area contributed by atoms with Crippen LogP contribution in [0, 0.1) is 11.8 Å². The Hall–Kier alpha value is -3.33. The van der Waals surface area contributed by atoms with Gasteiger partial charge in [0.15, 0.2) is 0 Å². The van der Waals surface area contributed by atoms with Gasteiger partial charge in [-0.05, 0) is 54.2 Å². The molecule has 1 saturated carbocycles. The maximum atomic E-state index is 13.2. The molecule has 3 aromatic rings. The second-order valence-corrected chi connectivity index (χ2v) is 8.62. The van der Waals surface area contributed by atoms with E-state index < -0.39 is 0 Å². The number of nitrogens with one attached hydrogen (secondary N) is 1. The zero-order chi connectivity index (χ0) is 22.1. The van der Waals surface area contributed by atoms with Crippen molar-refractivity contribution in [2.45, 2.75) is 25.0 Å². The van der Waals surface area contributed by atoms with Crippen LogP contribution < -0.4 is 5.32 Å². The molecule has 9 nitrogen and oxygen atoms in total. The maximum absolute atomic E-state index is 13.2. The number of ether oxygens (including phenoxy) is 1. The van der Waals surface area contributed by atoms with Crippen molar-refractivity contribution >= 4 is 11.7 Å². The summed E-state index contributed by atoms with van der Waals surface area (Å²) in [5, 5.41) is 15.6. The average molecular weight is 434 g/mol. The highest BCUT2D eigenvalue weighted by molar-refractivity contribution is 5.94. The third kappa shape index (κ3) is 4.08. The Morgan fingerprint density at radius 2 is 1.88 bits per heavy atom. The third-order valence-corrected chi connectivity index (χ3v) is 6.60. The summed E-state index contributed by atoms with van der Waals surface area (Å²) in [7, 11) is 3.50. The Kier molecular flexibility index (Phi) is 5.57. The summed E-state index contributed by atoms with van der Waals surface area (Å²) >= 11 is 0. The van der Waals surface area contributed by atoms with Gasteiger partial charge in [0.1, 0.15) is 5.82 Å². The Balaban J connectivity index is 1.25. The van der Waals surface area contributed by atoms with E-state index in [1.807, 2.05) is 47.4 Å². The number of aromatic nitrogens is 5. The van der Waals surface area contributed by atoms with Crippen LogP contribution in [-0.4, -0.2) is 68.3 Å². The quantitative estimate of drug-likeness (QED) is 0.659. The fraction of sp³-hybridized carbons (Fsp3) is 0.435. The second kappa shape index (κ2) is 8.66. The number of carbonyl (C=O) groups excluding carboxylic acids is 1. The normalized spacial score (nSPS) is 24.9. The molecule has 32 heavy (non-hydrogen) atoms. The van der Waals surface area contributed by atoms with Gasteiger partial charge in [0.25, 0.3) is 5.91 Å². The predicted molar refractivity (Wildman–Crippen MR) is 119 cm³/mol. The van der Waals surface area contributed by atoms with Gasteiger partial charge in [-0.1, -0.05) is 18.2 Å². The first-order valence-corrected chi connectivity index (χ1v) is 10.9. The Bertz CT molecular complexity index is 1070. The number of pyridine rings is 1. The van der Waals surface area contributed by atoms with Crippen LogP contribution in [0.15, 0.2) is 48.7 Å². The summed E-state index contributed by atoms with van der Waals surface area (Å²) in [6.07, 6.45) is 3.79. The summed E-state index contributed by atoms with van der Waals surface area (Å²) in [6.45, 7) is 1.54. The summed E-state index contributed by atoms with van der Waals surface area (Å²) in [6, 6.07) is 13.5. The fourth-order valence-corrected chi connectivity index (χ4v) is 4.97. The van der Waals surface area contributed by atoms with E-state index in [9.17, 15) is 4.79 Å². The van der Waals surface area contributed by atoms with Crippen molar-refractivity contribution in [2.24, 2.45) is 18.9 Å². The van der Waals surface area contributed by atoms with E-state index in [1.54, 1.807) is 20.4 Å². The van der Waals surface area contributed by atoms with Crippen LogP contribution in [0.2, 0.25) is 0 Å². The summed E-state index contributed by atoms with van der Waals surface area (Å²) in [5.41, 5.74) is 1.53. The minimum atomic E-state index is 0.0706. The van der Waals surface area contributed by atoms with Crippen LogP contribution in [0.3, 0.4) is 0 Å². The van der Waals surface area contributed by atoms with Crippen molar-refractivity contribution in [3.05, 3.63) is 54.2 Å². The molecule has 3 heterocycles. The summed E-state index contributed by atoms with van der Waals surface area (Å²) < 4.78 is 5.81. The number of likely N-dealkylation sites (tertiary alicyclic amines) is 1. The van der Waals surface area contributed by atoms with Crippen molar-refractivity contribution < 1.29 is 9.53 Å². The zero-order valence-corrected chi connectivity index (χ0v) is 18.3. The number of hydrogen-bond acceptors (Lipinski definition) is 7. The van der Waals surface area contributed by atoms with Crippen LogP contribution in [0.5, 0.6) is 0 Å². The van der Waals surface area contributed by atoms with E-state index in [2.05, 4.69) is 25.7 Å². The molecule has 0 radical (unpaired) electrons. The molecule has 0 bridgehead atoms. The first-order valence-electron chi connectivity index (χ1n) is 10.9. The van der Waals surface area contributed by atoms with Gasteiger partial charge < -0.3 is 15.0 Å². The van der Waals surface area contributed by atoms with Gasteiger partial charge in [0.05, 0.1) is 19.2 Å². The van der Waals surface area contributed by atoms with Crippen LogP contribution in [0.25, 0.3) is 11.4 Å². The standard InChI is InChI=1S/C23H27N7O2/c1-29-27-22(26-28-29)15-6-8-16(9-7-15)23(31)30-13-17-11-19(20(32-2)12-18(17)14-30)25-21-5-3-4-10-24-21/h3-10,17-20H,11-14H2,1-2H3,(H,24,25)/t17-,18+,19-,20-/m1/s1. The van der Waals surface area contributed by atoms with E-state index in [0.29, 0.717) is 23.2 Å². The van der Waals surface area contributed by atoms with Gasteiger partial charge >= 0.3 is 0 Å². The highest BCUT2D eigenvalue weighted by Gasteiger charge is 2.43. The van der Waals surface area contributed by atoms with Gasteiger partial charge in [0.2, 0.25) is 5.82 Å². The summed E-state index contributed by atoms with van der Waals surface area (Å²) in [4.78, 5) is 21.0. The number of nitrogens with zero attached hydrogens (tertiary/aromatic N) is 6. The molecule has 1 aliphatic heterocycles. The molecule has 2 aliphatic rings. The number of tetrazole rings is 1. The molecule has 0 spiro atoms. The van der Waals surface area contributed by atoms with Crippen LogP contribution in [0.4, 0.5) is 5.82 Å². The van der Waals surface area contributed by atoms with Crippen molar-refractivity contribution in [3.63, 3.8) is 0 Å². The molecule has 1 aliphatic carbocycles. The van der Waals surface area contributed by atoms with Crippen molar-refractivity contribution in [1.82, 2.24) is 30.1 Å². The number of fused-ring (bicyclic) bond motifs is 1. The van der Waals surface area contributed by atoms with E-state index >= 15 is 0 Å². The number of hydrogen-bond donors (Lipinski definition) is 1. The smallest absolute Gasteiger partial charge is 0.253 e. The minimum absolute atomic E-state index is 0.0706. The largest absolute Gasteiger partial charge is 0.379 e. The molecular formula is C23H27N7O2. The fourth-order valence-electron chi connectivity index (χ4n) is 4.97. The monoisotopic (exact) mass is 433 g/mol. The maximum Gasteiger partial charge on any atom is 0.253 e. The van der Waals surface area contributed by atoms with Gasteiger partial charge in [-0.3, -0.25) is 4.79 Å². The number of methoxy groups -OCH3 is 1. The molecule has 5 rings (SSSR count). The third-order valence-electron chi connectivity index (χ3n) is 6.60. The number of benzene rings is 1. The molecule has 1 aromatic carbocycles. The molecule has 0 unspecified atom stereocenters. The lowest BCUT2D eigenvalue weighted by atomic mass is 9.77. The molecule has 1 amide bonds. The van der Waals surface area contributed by atoms with Gasteiger partial charge in [-0.2, -0.15) is 4.80 Å². The molecule has 2 aromatic heterocycles. The van der Waals surface area contributed by atoms with E-state index in [0.717, 1.165) is 37.3 Å². The molecule has 166 valence electrons. The van der Waals surface area contributed by atoms with Crippen LogP contribution >= 0.6 is 0 Å². The number of rotatable bonds is 5. The molecular weight excluding hydrogens is 406 g/mol. The van der Waals surface area contributed by atoms with E-state index in [-0.39, 0.29) is 18.1 Å². The molecule has 4 atom stereocenters. The highest BCUT2D eigenvalue weighted by Crippen LogP contribution is 2.39. The lowest BCUT2D eigenvalue weighted by Gasteiger charge is -2.37. The summed E-state index contributed by atoms with van der Waals surface area (Å²) in [5.74, 6) is 2.39. The average Bonchev–Trinajstić information content (AvgIpc) is 3.44. The van der Waals surface area contributed by atoms with Crippen molar-refractivity contribution in [1.29, 1.82) is 0 Å². The molecule has 1 N–H and O–H groups in total. The van der Waals surface area contributed by atoms with Crippen molar-refractivity contribution in [2.75, 3.05) is 25.5 Å². The molecule has 1 saturated heterocycles. The minimum Gasteiger partial charge on any atom is -0.379 e.